The minimum Gasteiger partial charge on any atom is -0.496 e. The first-order valence-corrected chi connectivity index (χ1v) is 8.79. The molecular formula is C20H19ClN4O3. The van der Waals surface area contributed by atoms with Crippen LogP contribution < -0.4 is 20.1 Å². The number of carbonyl (C=O) groups excluding carboxylic acids is 1. The van der Waals surface area contributed by atoms with Crippen molar-refractivity contribution in [2.75, 3.05) is 24.9 Å². The lowest BCUT2D eigenvalue weighted by Crippen LogP contribution is -2.16. The van der Waals surface area contributed by atoms with Crippen molar-refractivity contribution in [3.05, 3.63) is 64.7 Å². The van der Waals surface area contributed by atoms with Crippen LogP contribution in [0.2, 0.25) is 5.02 Å². The van der Waals surface area contributed by atoms with E-state index < -0.39 is 5.91 Å². The van der Waals surface area contributed by atoms with Crippen molar-refractivity contribution in [2.45, 2.75) is 6.92 Å². The van der Waals surface area contributed by atoms with Gasteiger partial charge in [0.2, 0.25) is 0 Å². The van der Waals surface area contributed by atoms with E-state index in [2.05, 4.69) is 20.8 Å². The highest BCUT2D eigenvalue weighted by molar-refractivity contribution is 6.30. The summed E-state index contributed by atoms with van der Waals surface area (Å²) >= 11 is 6.03. The lowest BCUT2D eigenvalue weighted by atomic mass is 10.1. The molecular weight excluding hydrogens is 380 g/mol. The maximum atomic E-state index is 12.7. The summed E-state index contributed by atoms with van der Waals surface area (Å²) in [5.41, 5.74) is 2.13. The van der Waals surface area contributed by atoms with Crippen LogP contribution >= 0.6 is 11.6 Å². The molecule has 7 nitrogen and oxygen atoms in total. The Morgan fingerprint density at radius 3 is 2.21 bits per heavy atom. The molecule has 28 heavy (non-hydrogen) atoms. The highest BCUT2D eigenvalue weighted by Gasteiger charge is 2.18. The topological polar surface area (TPSA) is 85.4 Å². The predicted molar refractivity (Wildman–Crippen MR) is 109 cm³/mol. The normalized spacial score (nSPS) is 10.3. The highest BCUT2D eigenvalue weighted by atomic mass is 35.5. The van der Waals surface area contributed by atoms with E-state index in [0.29, 0.717) is 28.2 Å². The van der Waals surface area contributed by atoms with Gasteiger partial charge in [-0.1, -0.05) is 23.7 Å². The lowest BCUT2D eigenvalue weighted by Gasteiger charge is -2.13. The number of amides is 1. The third kappa shape index (κ3) is 4.32. The van der Waals surface area contributed by atoms with E-state index in [1.807, 2.05) is 25.1 Å². The molecule has 0 fully saturated rings. The zero-order valence-corrected chi connectivity index (χ0v) is 16.4. The van der Waals surface area contributed by atoms with E-state index in [-0.39, 0.29) is 5.56 Å². The van der Waals surface area contributed by atoms with Gasteiger partial charge in [-0.3, -0.25) is 4.79 Å². The van der Waals surface area contributed by atoms with Gasteiger partial charge in [-0.15, -0.1) is 10.2 Å². The zero-order chi connectivity index (χ0) is 20.1. The van der Waals surface area contributed by atoms with E-state index in [0.717, 1.165) is 11.3 Å². The second kappa shape index (κ2) is 8.58. The van der Waals surface area contributed by atoms with Crippen LogP contribution in [0, 0.1) is 6.92 Å². The second-order valence-electron chi connectivity index (χ2n) is 5.88. The molecule has 0 bridgehead atoms. The number of rotatable bonds is 6. The summed E-state index contributed by atoms with van der Waals surface area (Å²) in [6, 6.07) is 14.0. The molecule has 1 heterocycles. The SMILES string of the molecule is COc1cccc(OC)c1C(=O)Nc1ccc(Nc2cc(Cl)ccc2C)nn1. The van der Waals surface area contributed by atoms with Crippen molar-refractivity contribution in [1.82, 2.24) is 10.2 Å². The van der Waals surface area contributed by atoms with Crippen LogP contribution in [-0.2, 0) is 0 Å². The summed E-state index contributed by atoms with van der Waals surface area (Å²) in [4.78, 5) is 12.7. The van der Waals surface area contributed by atoms with Crippen LogP contribution in [0.3, 0.4) is 0 Å². The van der Waals surface area contributed by atoms with E-state index in [1.54, 1.807) is 30.3 Å². The molecule has 2 N–H and O–H groups in total. The smallest absolute Gasteiger partial charge is 0.264 e. The summed E-state index contributed by atoms with van der Waals surface area (Å²) in [7, 11) is 2.98. The number of ether oxygens (including phenoxy) is 2. The Morgan fingerprint density at radius 1 is 0.964 bits per heavy atom. The lowest BCUT2D eigenvalue weighted by molar-refractivity contribution is 0.102. The molecule has 0 unspecified atom stereocenters. The molecule has 0 radical (unpaired) electrons. The molecule has 0 aliphatic rings. The number of anilines is 3. The Bertz CT molecular complexity index is 971. The van der Waals surface area contributed by atoms with E-state index in [4.69, 9.17) is 21.1 Å². The van der Waals surface area contributed by atoms with E-state index >= 15 is 0 Å². The zero-order valence-electron chi connectivity index (χ0n) is 15.6. The number of halogens is 1. The molecule has 0 atom stereocenters. The van der Waals surface area contributed by atoms with Gasteiger partial charge in [-0.25, -0.2) is 0 Å². The molecule has 1 amide bonds. The number of hydrogen-bond donors (Lipinski definition) is 2. The van der Waals surface area contributed by atoms with Gasteiger partial charge in [0.25, 0.3) is 5.91 Å². The van der Waals surface area contributed by atoms with Crippen molar-refractivity contribution < 1.29 is 14.3 Å². The molecule has 0 saturated carbocycles. The number of aryl methyl sites for hydroxylation is 1. The third-order valence-corrected chi connectivity index (χ3v) is 4.26. The van der Waals surface area contributed by atoms with Crippen LogP contribution in [0.4, 0.5) is 17.3 Å². The first-order chi connectivity index (χ1) is 13.5. The molecule has 2 aromatic carbocycles. The van der Waals surface area contributed by atoms with Crippen LogP contribution in [-0.4, -0.2) is 30.3 Å². The van der Waals surface area contributed by atoms with Gasteiger partial charge in [0.15, 0.2) is 11.6 Å². The monoisotopic (exact) mass is 398 g/mol. The number of hydrogen-bond acceptors (Lipinski definition) is 6. The van der Waals surface area contributed by atoms with Crippen molar-refractivity contribution in [2.24, 2.45) is 0 Å². The molecule has 144 valence electrons. The first kappa shape index (κ1) is 19.4. The number of aromatic nitrogens is 2. The van der Waals surface area contributed by atoms with Crippen molar-refractivity contribution in [3.8, 4) is 11.5 Å². The minimum absolute atomic E-state index is 0.283. The molecule has 0 spiro atoms. The maximum absolute atomic E-state index is 12.7. The fraction of sp³-hybridized carbons (Fsp3) is 0.150. The quantitative estimate of drug-likeness (QED) is 0.638. The molecule has 0 aliphatic heterocycles. The summed E-state index contributed by atoms with van der Waals surface area (Å²) in [5.74, 6) is 1.22. The van der Waals surface area contributed by atoms with Gasteiger partial charge in [0, 0.05) is 10.7 Å². The van der Waals surface area contributed by atoms with Gasteiger partial charge < -0.3 is 20.1 Å². The fourth-order valence-corrected chi connectivity index (χ4v) is 2.76. The summed E-state index contributed by atoms with van der Waals surface area (Å²) in [6.45, 7) is 1.96. The number of carbonyl (C=O) groups is 1. The Balaban J connectivity index is 1.76. The largest absolute Gasteiger partial charge is 0.496 e. The molecule has 0 saturated heterocycles. The summed E-state index contributed by atoms with van der Waals surface area (Å²) in [5, 5.41) is 14.6. The van der Waals surface area contributed by atoms with Crippen molar-refractivity contribution >= 4 is 34.8 Å². The minimum atomic E-state index is -0.407. The Morgan fingerprint density at radius 2 is 1.61 bits per heavy atom. The standard InChI is InChI=1S/C20H19ClN4O3/c1-12-7-8-13(21)11-14(12)22-17-9-10-18(25-24-17)23-20(26)19-15(27-2)5-4-6-16(19)28-3/h4-11H,1-3H3,(H,22,24)(H,23,25,26). The van der Waals surface area contributed by atoms with Gasteiger partial charge in [0.1, 0.15) is 17.1 Å². The van der Waals surface area contributed by atoms with Gasteiger partial charge in [-0.2, -0.15) is 0 Å². The molecule has 3 rings (SSSR count). The van der Waals surface area contributed by atoms with Gasteiger partial charge in [0.05, 0.1) is 14.2 Å². The van der Waals surface area contributed by atoms with Crippen LogP contribution in [0.5, 0.6) is 11.5 Å². The molecule has 8 heteroatoms. The Labute approximate surface area is 167 Å². The van der Waals surface area contributed by atoms with Crippen molar-refractivity contribution in [3.63, 3.8) is 0 Å². The summed E-state index contributed by atoms with van der Waals surface area (Å²) < 4.78 is 10.5. The van der Waals surface area contributed by atoms with Crippen LogP contribution in [0.1, 0.15) is 15.9 Å². The molecule has 1 aromatic heterocycles. The average molecular weight is 399 g/mol. The number of nitrogens with zero attached hydrogens (tertiary/aromatic N) is 2. The molecule has 0 aliphatic carbocycles. The Kier molecular flexibility index (Phi) is 5.96. The Hall–Kier alpha value is -3.32. The van der Waals surface area contributed by atoms with Crippen LogP contribution in [0.15, 0.2) is 48.5 Å². The summed E-state index contributed by atoms with van der Waals surface area (Å²) in [6.07, 6.45) is 0. The maximum Gasteiger partial charge on any atom is 0.264 e. The van der Waals surface area contributed by atoms with Gasteiger partial charge in [-0.05, 0) is 48.9 Å². The highest BCUT2D eigenvalue weighted by Crippen LogP contribution is 2.29. The van der Waals surface area contributed by atoms with E-state index in [1.165, 1.54) is 14.2 Å². The third-order valence-electron chi connectivity index (χ3n) is 4.02. The molecule has 3 aromatic rings. The first-order valence-electron chi connectivity index (χ1n) is 8.41. The second-order valence-corrected chi connectivity index (χ2v) is 6.32. The fourth-order valence-electron chi connectivity index (χ4n) is 2.59. The van der Waals surface area contributed by atoms with Crippen LogP contribution in [0.25, 0.3) is 0 Å². The van der Waals surface area contributed by atoms with Gasteiger partial charge >= 0.3 is 0 Å². The predicted octanol–water partition coefficient (Wildman–Crippen LogP) is 4.45. The number of nitrogens with one attached hydrogen (secondary N) is 2. The number of methoxy groups -OCH3 is 2. The number of benzene rings is 2. The van der Waals surface area contributed by atoms with Crippen molar-refractivity contribution in [1.29, 1.82) is 0 Å². The average Bonchev–Trinajstić information content (AvgIpc) is 2.71. The van der Waals surface area contributed by atoms with E-state index in [9.17, 15) is 4.79 Å².